The number of rotatable bonds is 8. The average Bonchev–Trinajstić information content (AvgIpc) is 2.64. The largest absolute Gasteiger partial charge is 0.493 e. The maximum atomic E-state index is 12.8. The molecule has 0 fully saturated rings. The Morgan fingerprint density at radius 3 is 2.65 bits per heavy atom. The van der Waals surface area contributed by atoms with Gasteiger partial charge in [-0.05, 0) is 36.2 Å². The van der Waals surface area contributed by atoms with E-state index in [1.165, 1.54) is 37.6 Å². The number of methoxy groups -OCH3 is 1. The van der Waals surface area contributed by atoms with Gasteiger partial charge in [0.2, 0.25) is 0 Å². The number of hydrogen-bond donors (Lipinski definition) is 1. The lowest BCUT2D eigenvalue weighted by molar-refractivity contribution is 0.167. The Hall–Kier alpha value is -3.09. The van der Waals surface area contributed by atoms with Crippen molar-refractivity contribution in [3.8, 4) is 11.5 Å². The minimum Gasteiger partial charge on any atom is -0.493 e. The molecule has 2 aromatic carbocycles. The predicted octanol–water partition coefficient (Wildman–Crippen LogP) is 4.60. The number of nitrogens with zero attached hydrogens (tertiary/aromatic N) is 1. The molecule has 0 aromatic heterocycles. The Balaban J connectivity index is 1.90. The summed E-state index contributed by atoms with van der Waals surface area (Å²) >= 11 is 0. The molecule has 7 heteroatoms. The molecule has 0 atom stereocenters. The maximum Gasteiger partial charge on any atom is 0.437 e. The third-order valence-corrected chi connectivity index (χ3v) is 3.37. The van der Waals surface area contributed by atoms with Crippen molar-refractivity contribution >= 4 is 18.0 Å². The zero-order chi connectivity index (χ0) is 18.8. The van der Waals surface area contributed by atoms with E-state index in [9.17, 15) is 9.18 Å². The summed E-state index contributed by atoms with van der Waals surface area (Å²) in [5.74, 6) is 0.764. The topological polar surface area (TPSA) is 69.2 Å². The zero-order valence-electron chi connectivity index (χ0n) is 14.7. The van der Waals surface area contributed by atoms with Gasteiger partial charge >= 0.3 is 6.09 Å². The Labute approximate surface area is 151 Å². The lowest BCUT2D eigenvalue weighted by atomic mass is 10.2. The fraction of sp³-hybridized carbons (Fsp3) is 0.263. The highest BCUT2D eigenvalue weighted by molar-refractivity contribution is 5.86. The van der Waals surface area contributed by atoms with Crippen molar-refractivity contribution < 1.29 is 23.5 Å². The van der Waals surface area contributed by atoms with Crippen molar-refractivity contribution in [1.29, 1.82) is 0 Å². The fourth-order valence-corrected chi connectivity index (χ4v) is 2.02. The summed E-state index contributed by atoms with van der Waals surface area (Å²) in [5.41, 5.74) is 1.08. The number of hydrogen-bond acceptors (Lipinski definition) is 5. The molecule has 0 aliphatic carbocycles. The van der Waals surface area contributed by atoms with Gasteiger partial charge < -0.3 is 9.47 Å². The van der Waals surface area contributed by atoms with Crippen LogP contribution in [0.25, 0.3) is 0 Å². The van der Waals surface area contributed by atoms with E-state index in [1.807, 2.05) is 0 Å². The molecule has 0 unspecified atom stereocenters. The minimum absolute atomic E-state index is 0.350. The van der Waals surface area contributed by atoms with Crippen molar-refractivity contribution in [3.63, 3.8) is 0 Å². The number of nitrogens with one attached hydrogen (secondary N) is 1. The molecule has 0 bridgehead atoms. The number of oxime groups is 1. The van der Waals surface area contributed by atoms with Crippen LogP contribution in [0.4, 0.5) is 14.9 Å². The van der Waals surface area contributed by atoms with E-state index in [2.05, 4.69) is 17.4 Å². The van der Waals surface area contributed by atoms with E-state index < -0.39 is 6.09 Å². The molecule has 0 saturated heterocycles. The molecular weight excluding hydrogens is 339 g/mol. The smallest absolute Gasteiger partial charge is 0.437 e. The first kappa shape index (κ1) is 19.2. The van der Waals surface area contributed by atoms with Crippen molar-refractivity contribution in [3.05, 3.63) is 53.8 Å². The molecule has 1 N–H and O–H groups in total. The summed E-state index contributed by atoms with van der Waals surface area (Å²) in [5, 5.41) is 6.10. The van der Waals surface area contributed by atoms with E-state index in [0.717, 1.165) is 12.8 Å². The summed E-state index contributed by atoms with van der Waals surface area (Å²) in [7, 11) is 1.52. The third kappa shape index (κ3) is 6.08. The number of carbonyl (C=O) groups excluding carboxylic acids is 1. The lowest BCUT2D eigenvalue weighted by Crippen LogP contribution is -2.11. The van der Waals surface area contributed by atoms with E-state index in [0.29, 0.717) is 29.4 Å². The van der Waals surface area contributed by atoms with Crippen LogP contribution >= 0.6 is 0 Å². The number of ether oxygens (including phenoxy) is 2. The van der Waals surface area contributed by atoms with E-state index in [4.69, 9.17) is 14.3 Å². The number of halogens is 1. The molecule has 0 saturated carbocycles. The van der Waals surface area contributed by atoms with Crippen LogP contribution in [0.3, 0.4) is 0 Å². The first-order valence-corrected chi connectivity index (χ1v) is 8.20. The van der Waals surface area contributed by atoms with Crippen LogP contribution in [0.1, 0.15) is 25.3 Å². The molecule has 0 spiro atoms. The Kier molecular flexibility index (Phi) is 7.42. The van der Waals surface area contributed by atoms with Gasteiger partial charge in [0, 0.05) is 11.8 Å². The monoisotopic (exact) mass is 360 g/mol. The molecule has 0 aliphatic rings. The molecule has 26 heavy (non-hydrogen) atoms. The number of benzene rings is 2. The van der Waals surface area contributed by atoms with Crippen molar-refractivity contribution in [2.45, 2.75) is 19.8 Å². The zero-order valence-corrected chi connectivity index (χ0v) is 14.7. The molecule has 2 aromatic rings. The van der Waals surface area contributed by atoms with Gasteiger partial charge in [-0.25, -0.2) is 9.18 Å². The highest BCUT2D eigenvalue weighted by Gasteiger charge is 2.09. The van der Waals surface area contributed by atoms with Gasteiger partial charge in [-0.2, -0.15) is 0 Å². The van der Waals surface area contributed by atoms with Crippen LogP contribution < -0.4 is 14.8 Å². The van der Waals surface area contributed by atoms with E-state index >= 15 is 0 Å². The summed E-state index contributed by atoms with van der Waals surface area (Å²) in [6.45, 7) is 2.68. The van der Waals surface area contributed by atoms with Crippen molar-refractivity contribution in [2.75, 3.05) is 19.0 Å². The number of amides is 1. The third-order valence-electron chi connectivity index (χ3n) is 3.37. The molecule has 138 valence electrons. The normalized spacial score (nSPS) is 10.6. The Morgan fingerprint density at radius 2 is 1.96 bits per heavy atom. The van der Waals surface area contributed by atoms with Gasteiger partial charge in [-0.15, -0.1) is 0 Å². The number of unbranched alkanes of at least 4 members (excludes halogenated alkanes) is 1. The molecule has 0 heterocycles. The fourth-order valence-electron chi connectivity index (χ4n) is 2.02. The van der Waals surface area contributed by atoms with Crippen LogP contribution in [0.2, 0.25) is 0 Å². The minimum atomic E-state index is -0.759. The molecule has 0 aliphatic heterocycles. The van der Waals surface area contributed by atoms with Crippen LogP contribution in [0.15, 0.2) is 47.6 Å². The number of carbonyl (C=O) groups is 1. The van der Waals surface area contributed by atoms with Crippen molar-refractivity contribution in [2.24, 2.45) is 5.16 Å². The molecule has 0 radical (unpaired) electrons. The number of anilines is 1. The summed E-state index contributed by atoms with van der Waals surface area (Å²) in [4.78, 5) is 16.5. The molecule has 6 nitrogen and oxygen atoms in total. The van der Waals surface area contributed by atoms with Gasteiger partial charge in [-0.1, -0.05) is 30.6 Å². The Morgan fingerprint density at radius 1 is 1.19 bits per heavy atom. The SMILES string of the molecule is CCCCOc1ccc(NC(=O)O/N=C/c2ccc(F)cc2)cc1OC. The molecular formula is C19H21FN2O4. The summed E-state index contributed by atoms with van der Waals surface area (Å²) in [6, 6.07) is 10.6. The standard InChI is InChI=1S/C19H21FN2O4/c1-3-4-11-25-17-10-9-16(12-18(17)24-2)22-19(23)26-21-13-14-5-7-15(20)8-6-14/h5-10,12-13H,3-4,11H2,1-2H3,(H,22,23)/b21-13+. The maximum absolute atomic E-state index is 12.8. The van der Waals surface area contributed by atoms with Gasteiger partial charge in [-0.3, -0.25) is 10.2 Å². The first-order chi connectivity index (χ1) is 12.6. The molecule has 1 amide bonds. The van der Waals surface area contributed by atoms with Crippen molar-refractivity contribution in [1.82, 2.24) is 0 Å². The van der Waals surface area contributed by atoms with Crippen LogP contribution in [0, 0.1) is 5.82 Å². The second-order valence-corrected chi connectivity index (χ2v) is 5.36. The van der Waals surface area contributed by atoms with Gasteiger partial charge in [0.25, 0.3) is 0 Å². The van der Waals surface area contributed by atoms with Gasteiger partial charge in [0.05, 0.1) is 19.9 Å². The van der Waals surface area contributed by atoms with Crippen LogP contribution in [-0.4, -0.2) is 26.0 Å². The highest BCUT2D eigenvalue weighted by atomic mass is 19.1. The summed E-state index contributed by atoms with van der Waals surface area (Å²) < 4.78 is 23.7. The quantitative estimate of drug-likeness (QED) is 0.323. The first-order valence-electron chi connectivity index (χ1n) is 8.20. The van der Waals surface area contributed by atoms with Crippen LogP contribution in [-0.2, 0) is 4.84 Å². The predicted molar refractivity (Wildman–Crippen MR) is 97.5 cm³/mol. The van der Waals surface area contributed by atoms with Gasteiger partial charge in [0.1, 0.15) is 5.82 Å². The molecule has 2 rings (SSSR count). The second kappa shape index (κ2) is 10.0. The highest BCUT2D eigenvalue weighted by Crippen LogP contribution is 2.30. The van der Waals surface area contributed by atoms with E-state index in [1.54, 1.807) is 18.2 Å². The van der Waals surface area contributed by atoms with Crippen LogP contribution in [0.5, 0.6) is 11.5 Å². The van der Waals surface area contributed by atoms with Gasteiger partial charge in [0.15, 0.2) is 11.5 Å². The average molecular weight is 360 g/mol. The Bertz CT molecular complexity index is 748. The summed E-state index contributed by atoms with van der Waals surface area (Å²) in [6.07, 6.45) is 2.53. The van der Waals surface area contributed by atoms with E-state index in [-0.39, 0.29) is 5.82 Å². The lowest BCUT2D eigenvalue weighted by Gasteiger charge is -2.12. The second-order valence-electron chi connectivity index (χ2n) is 5.36.